The highest BCUT2D eigenvalue weighted by molar-refractivity contribution is 5.70. The van der Waals surface area contributed by atoms with Crippen LogP contribution in [0.4, 0.5) is 5.69 Å². The second-order valence-electron chi connectivity index (χ2n) is 3.12. The van der Waals surface area contributed by atoms with Crippen LogP contribution in [0.2, 0.25) is 0 Å². The molecule has 0 atom stereocenters. The van der Waals surface area contributed by atoms with E-state index in [1.807, 2.05) is 18.2 Å². The van der Waals surface area contributed by atoms with Gasteiger partial charge in [-0.3, -0.25) is 4.98 Å². The van der Waals surface area contributed by atoms with Crippen LogP contribution in [0.15, 0.2) is 43.2 Å². The fourth-order valence-electron chi connectivity index (χ4n) is 1.30. The van der Waals surface area contributed by atoms with Gasteiger partial charge in [0, 0.05) is 12.7 Å². The van der Waals surface area contributed by atoms with Crippen molar-refractivity contribution in [3.8, 4) is 11.4 Å². The topological polar surface area (TPSA) is 50.7 Å². The maximum absolute atomic E-state index is 4.24. The van der Waals surface area contributed by atoms with Gasteiger partial charge in [-0.2, -0.15) is 0 Å². The standard InChI is InChI=1S/C12H11N4/c1-2-6-14-11-8-13-9-16-12(11)10-5-3-4-7-15-10/h2-5,7-8,14H,1,6H2. The third-order valence-electron chi connectivity index (χ3n) is 2.01. The quantitative estimate of drug-likeness (QED) is 0.785. The molecule has 2 aromatic heterocycles. The Morgan fingerprint density at radius 3 is 3.12 bits per heavy atom. The van der Waals surface area contributed by atoms with E-state index in [1.165, 1.54) is 0 Å². The molecule has 2 rings (SSSR count). The fraction of sp³-hybridized carbons (Fsp3) is 0.0833. The number of anilines is 1. The molecule has 0 saturated carbocycles. The summed E-state index contributed by atoms with van der Waals surface area (Å²) in [6, 6.07) is 5.68. The summed E-state index contributed by atoms with van der Waals surface area (Å²) >= 11 is 0. The van der Waals surface area contributed by atoms with Gasteiger partial charge in [-0.05, 0) is 12.1 Å². The van der Waals surface area contributed by atoms with Crippen molar-refractivity contribution in [1.29, 1.82) is 0 Å². The summed E-state index contributed by atoms with van der Waals surface area (Å²) in [4.78, 5) is 12.2. The Morgan fingerprint density at radius 2 is 2.38 bits per heavy atom. The molecule has 2 heterocycles. The van der Waals surface area contributed by atoms with Crippen LogP contribution in [0.3, 0.4) is 0 Å². The molecule has 2 aromatic rings. The summed E-state index contributed by atoms with van der Waals surface area (Å²) in [7, 11) is 0. The molecule has 0 unspecified atom stereocenters. The van der Waals surface area contributed by atoms with E-state index in [2.05, 4.69) is 33.2 Å². The summed E-state index contributed by atoms with van der Waals surface area (Å²) in [5.41, 5.74) is 2.38. The van der Waals surface area contributed by atoms with Crippen LogP contribution < -0.4 is 5.32 Å². The Bertz CT molecular complexity index is 467. The first-order valence-electron chi connectivity index (χ1n) is 4.91. The first-order valence-corrected chi connectivity index (χ1v) is 4.91. The van der Waals surface area contributed by atoms with Crippen LogP contribution in [0.1, 0.15) is 0 Å². The van der Waals surface area contributed by atoms with E-state index in [-0.39, 0.29) is 0 Å². The van der Waals surface area contributed by atoms with Gasteiger partial charge in [-0.25, -0.2) is 9.97 Å². The first-order chi connectivity index (χ1) is 7.92. The third-order valence-corrected chi connectivity index (χ3v) is 2.01. The van der Waals surface area contributed by atoms with E-state index in [0.717, 1.165) is 17.1 Å². The second-order valence-corrected chi connectivity index (χ2v) is 3.12. The van der Waals surface area contributed by atoms with Crippen LogP contribution in [0, 0.1) is 6.33 Å². The van der Waals surface area contributed by atoms with Gasteiger partial charge in [0.15, 0.2) is 6.33 Å². The predicted molar refractivity (Wildman–Crippen MR) is 62.8 cm³/mol. The molecule has 4 heteroatoms. The molecule has 79 valence electrons. The maximum Gasteiger partial charge on any atom is 0.198 e. The Morgan fingerprint density at radius 1 is 1.44 bits per heavy atom. The van der Waals surface area contributed by atoms with Crippen LogP contribution >= 0.6 is 0 Å². The minimum Gasteiger partial charge on any atom is -0.379 e. The van der Waals surface area contributed by atoms with E-state index in [4.69, 9.17) is 0 Å². The molecule has 0 aliphatic rings. The zero-order chi connectivity index (χ0) is 11.2. The summed E-state index contributed by atoms with van der Waals surface area (Å²) in [5, 5.41) is 3.16. The molecule has 0 amide bonds. The van der Waals surface area contributed by atoms with Crippen molar-refractivity contribution < 1.29 is 0 Å². The molecule has 1 N–H and O–H groups in total. The minimum atomic E-state index is 0.660. The van der Waals surface area contributed by atoms with Crippen molar-refractivity contribution in [3.63, 3.8) is 0 Å². The van der Waals surface area contributed by atoms with Crippen molar-refractivity contribution in [1.82, 2.24) is 15.0 Å². The Labute approximate surface area is 94.1 Å². The molecule has 0 aliphatic carbocycles. The lowest BCUT2D eigenvalue weighted by molar-refractivity contribution is 1.12. The van der Waals surface area contributed by atoms with Crippen molar-refractivity contribution in [2.24, 2.45) is 0 Å². The lowest BCUT2D eigenvalue weighted by atomic mass is 10.2. The SMILES string of the molecule is C=CCNc1cn[c]nc1-c1ccccn1. The Balaban J connectivity index is 2.36. The van der Waals surface area contributed by atoms with E-state index in [0.29, 0.717) is 6.54 Å². The highest BCUT2D eigenvalue weighted by atomic mass is 15.0. The van der Waals surface area contributed by atoms with Gasteiger partial charge in [0.05, 0.1) is 17.6 Å². The van der Waals surface area contributed by atoms with E-state index in [9.17, 15) is 0 Å². The molecular weight excluding hydrogens is 200 g/mol. The molecule has 0 fully saturated rings. The number of pyridine rings is 1. The second kappa shape index (κ2) is 5.02. The molecule has 16 heavy (non-hydrogen) atoms. The van der Waals surface area contributed by atoms with Crippen molar-refractivity contribution in [2.45, 2.75) is 0 Å². The van der Waals surface area contributed by atoms with Crippen LogP contribution in [0.5, 0.6) is 0 Å². The number of hydrogen-bond donors (Lipinski definition) is 1. The normalized spacial score (nSPS) is 9.75. The molecule has 0 aliphatic heterocycles. The van der Waals surface area contributed by atoms with Gasteiger partial charge in [0.25, 0.3) is 0 Å². The molecule has 0 spiro atoms. The molecule has 4 nitrogen and oxygen atoms in total. The van der Waals surface area contributed by atoms with E-state index >= 15 is 0 Å². The monoisotopic (exact) mass is 211 g/mol. The predicted octanol–water partition coefficient (Wildman–Crippen LogP) is 1.94. The zero-order valence-electron chi connectivity index (χ0n) is 8.72. The highest BCUT2D eigenvalue weighted by Crippen LogP contribution is 2.21. The van der Waals surface area contributed by atoms with Gasteiger partial charge in [-0.15, -0.1) is 6.58 Å². The average Bonchev–Trinajstić information content (AvgIpc) is 2.38. The van der Waals surface area contributed by atoms with Gasteiger partial charge in [0.1, 0.15) is 5.69 Å². The van der Waals surface area contributed by atoms with E-state index < -0.39 is 0 Å². The van der Waals surface area contributed by atoms with Gasteiger partial charge in [-0.1, -0.05) is 12.1 Å². The number of hydrogen-bond acceptors (Lipinski definition) is 4. The largest absolute Gasteiger partial charge is 0.379 e. The Kier molecular flexibility index (Phi) is 3.23. The third kappa shape index (κ3) is 2.23. The Hall–Kier alpha value is -2.23. The molecule has 0 saturated heterocycles. The zero-order valence-corrected chi connectivity index (χ0v) is 8.72. The summed E-state index contributed by atoms with van der Waals surface area (Å²) in [5.74, 6) is 0. The van der Waals surface area contributed by atoms with Crippen LogP contribution in [-0.2, 0) is 0 Å². The summed E-state index contributed by atoms with van der Waals surface area (Å²) in [6.07, 6.45) is 7.76. The molecular formula is C12H11N4. The minimum absolute atomic E-state index is 0.660. The fourth-order valence-corrected chi connectivity index (χ4v) is 1.30. The summed E-state index contributed by atoms with van der Waals surface area (Å²) < 4.78 is 0. The van der Waals surface area contributed by atoms with E-state index in [1.54, 1.807) is 18.5 Å². The lowest BCUT2D eigenvalue weighted by Gasteiger charge is -2.07. The molecule has 0 bridgehead atoms. The smallest absolute Gasteiger partial charge is 0.198 e. The number of aromatic nitrogens is 3. The van der Waals surface area contributed by atoms with Gasteiger partial charge >= 0.3 is 0 Å². The number of nitrogens with zero attached hydrogens (tertiary/aromatic N) is 3. The molecule has 1 radical (unpaired) electrons. The van der Waals surface area contributed by atoms with Crippen LogP contribution in [-0.4, -0.2) is 21.5 Å². The lowest BCUT2D eigenvalue weighted by Crippen LogP contribution is -2.02. The van der Waals surface area contributed by atoms with Gasteiger partial charge < -0.3 is 5.32 Å². The number of nitrogens with one attached hydrogen (secondary N) is 1. The van der Waals surface area contributed by atoms with Crippen LogP contribution in [0.25, 0.3) is 11.4 Å². The van der Waals surface area contributed by atoms with Gasteiger partial charge in [0.2, 0.25) is 0 Å². The first kappa shape index (κ1) is 10.3. The maximum atomic E-state index is 4.24. The van der Waals surface area contributed by atoms with Crippen molar-refractivity contribution in [2.75, 3.05) is 11.9 Å². The van der Waals surface area contributed by atoms with Crippen molar-refractivity contribution >= 4 is 5.69 Å². The average molecular weight is 211 g/mol. The van der Waals surface area contributed by atoms with Crippen molar-refractivity contribution in [3.05, 3.63) is 49.6 Å². The molecule has 0 aromatic carbocycles. The number of rotatable bonds is 4. The highest BCUT2D eigenvalue weighted by Gasteiger charge is 2.06. The summed E-state index contributed by atoms with van der Waals surface area (Å²) in [6.45, 7) is 4.31.